The van der Waals surface area contributed by atoms with Crippen LogP contribution in [0.25, 0.3) is 0 Å². The van der Waals surface area contributed by atoms with E-state index in [1.54, 1.807) is 0 Å². The Balaban J connectivity index is 5.72. The van der Waals surface area contributed by atoms with Crippen molar-refractivity contribution >= 4 is 28.4 Å². The fraction of sp³-hybridized carbons (Fsp3) is 1.00. The van der Waals surface area contributed by atoms with Crippen LogP contribution in [0.3, 0.4) is 0 Å². The van der Waals surface area contributed by atoms with Gasteiger partial charge in [-0.05, 0) is 49.9 Å². The second kappa shape index (κ2) is 17.3. The van der Waals surface area contributed by atoms with Crippen LogP contribution in [-0.4, -0.2) is 39.6 Å². The Bertz CT molecular complexity index is 340. The van der Waals surface area contributed by atoms with Gasteiger partial charge < -0.3 is 8.85 Å². The van der Waals surface area contributed by atoms with Gasteiger partial charge in [-0.1, -0.05) is 81.1 Å². The molecule has 0 N–H and O–H groups in total. The summed E-state index contributed by atoms with van der Waals surface area (Å²) in [6, 6.07) is 5.03. The highest BCUT2D eigenvalue weighted by molar-refractivity contribution is 8.03. The van der Waals surface area contributed by atoms with Crippen molar-refractivity contribution in [2.24, 2.45) is 0 Å². The molecule has 0 aliphatic heterocycles. The van der Waals surface area contributed by atoms with E-state index in [1.807, 2.05) is 0 Å². The van der Waals surface area contributed by atoms with Crippen molar-refractivity contribution in [1.82, 2.24) is 0 Å². The summed E-state index contributed by atoms with van der Waals surface area (Å²) in [5.74, 6) is 0. The summed E-state index contributed by atoms with van der Waals surface area (Å²) in [5.41, 5.74) is 0. The van der Waals surface area contributed by atoms with Crippen molar-refractivity contribution in [3.05, 3.63) is 0 Å². The second-order valence-electron chi connectivity index (χ2n) is 8.64. The third-order valence-electron chi connectivity index (χ3n) is 6.77. The Morgan fingerprint density at radius 1 is 0.552 bits per heavy atom. The van der Waals surface area contributed by atoms with Crippen molar-refractivity contribution in [3.8, 4) is 0 Å². The molecule has 0 bridgehead atoms. The lowest BCUT2D eigenvalue weighted by molar-refractivity contribution is 0.286. The molecule has 0 amide bonds. The highest BCUT2D eigenvalue weighted by Crippen LogP contribution is 2.42. The normalized spacial score (nSPS) is 14.9. The maximum atomic E-state index is 6.83. The molecule has 0 rings (SSSR count). The molecule has 0 aliphatic carbocycles. The third kappa shape index (κ3) is 9.38. The molecule has 2 atom stereocenters. The largest absolute Gasteiger partial charge is 0.416 e. The molecule has 2 unspecified atom stereocenters. The zero-order chi connectivity index (χ0) is 22.2. The van der Waals surface area contributed by atoms with E-state index in [4.69, 9.17) is 8.85 Å². The van der Waals surface area contributed by atoms with Crippen LogP contribution in [0, 0.1) is 0 Å². The van der Waals surface area contributed by atoms with Crippen LogP contribution in [0.5, 0.6) is 0 Å². The molecule has 0 saturated carbocycles. The summed E-state index contributed by atoms with van der Waals surface area (Å²) in [5, 5.41) is 0. The Kier molecular flexibility index (Phi) is 17.7. The summed E-state index contributed by atoms with van der Waals surface area (Å²) in [4.78, 5) is 1.44. The topological polar surface area (TPSA) is 18.5 Å². The molecule has 29 heavy (non-hydrogen) atoms. The summed E-state index contributed by atoms with van der Waals surface area (Å²) in [6.45, 7) is 20.8. The average molecular weight is 463 g/mol. The minimum absolute atomic E-state index is 0.718. The van der Waals surface area contributed by atoms with Gasteiger partial charge in [0.05, 0.1) is 0 Å². The summed E-state index contributed by atoms with van der Waals surface area (Å²) < 4.78 is 13.7. The molecule has 176 valence electrons. The monoisotopic (exact) mass is 462 g/mol. The quantitative estimate of drug-likeness (QED) is 0.133. The molecule has 0 aliphatic rings. The van der Waals surface area contributed by atoms with E-state index in [1.165, 1.54) is 75.5 Å². The van der Waals surface area contributed by atoms with Gasteiger partial charge >= 0.3 is 0 Å². The molecular formula is C24H54O2SSi2. The summed E-state index contributed by atoms with van der Waals surface area (Å²) >= 11 is 2.34. The summed E-state index contributed by atoms with van der Waals surface area (Å²) in [7, 11) is -3.47. The average Bonchev–Trinajstić information content (AvgIpc) is 2.74. The van der Waals surface area contributed by atoms with Crippen LogP contribution >= 0.6 is 11.8 Å². The Morgan fingerprint density at radius 2 is 0.897 bits per heavy atom. The summed E-state index contributed by atoms with van der Waals surface area (Å²) in [6.07, 6.45) is 10.1. The van der Waals surface area contributed by atoms with Crippen molar-refractivity contribution in [1.29, 1.82) is 0 Å². The predicted molar refractivity (Wildman–Crippen MR) is 140 cm³/mol. The van der Waals surface area contributed by atoms with E-state index in [2.05, 4.69) is 67.2 Å². The SMILES string of the molecule is CCCCO[Si](CC)(CC)C(CCC)SC(CCC)[Si](CC)(CC)OCCCC. The van der Waals surface area contributed by atoms with E-state index in [0.29, 0.717) is 0 Å². The molecule has 5 heteroatoms. The lowest BCUT2D eigenvalue weighted by Crippen LogP contribution is -2.53. The van der Waals surface area contributed by atoms with Gasteiger partial charge in [-0.15, -0.1) is 0 Å². The Morgan fingerprint density at radius 3 is 1.14 bits per heavy atom. The van der Waals surface area contributed by atoms with Gasteiger partial charge in [0.25, 0.3) is 0 Å². The first-order valence-electron chi connectivity index (χ1n) is 12.9. The van der Waals surface area contributed by atoms with Crippen LogP contribution in [0.4, 0.5) is 0 Å². The molecule has 0 spiro atoms. The van der Waals surface area contributed by atoms with Gasteiger partial charge in [-0.2, -0.15) is 11.8 Å². The van der Waals surface area contributed by atoms with Crippen LogP contribution in [0.1, 0.15) is 107 Å². The van der Waals surface area contributed by atoms with E-state index >= 15 is 0 Å². The smallest absolute Gasteiger partial charge is 0.204 e. The first kappa shape index (κ1) is 29.7. The minimum atomic E-state index is -1.74. The minimum Gasteiger partial charge on any atom is -0.416 e. The fourth-order valence-electron chi connectivity index (χ4n) is 4.48. The molecule has 0 aromatic carbocycles. The zero-order valence-corrected chi connectivity index (χ0v) is 24.1. The van der Waals surface area contributed by atoms with Crippen molar-refractivity contribution in [2.45, 2.75) is 141 Å². The zero-order valence-electron chi connectivity index (χ0n) is 21.3. The standard InChI is InChI=1S/C24H54O2SSi2/c1-9-17-21-25-28(13-5,14-6)23(19-11-3)27-24(20-12-4)29(15-7,16-8)26-22-18-10-2/h23-24H,9-22H2,1-8H3. The highest BCUT2D eigenvalue weighted by atomic mass is 32.2. The lowest BCUT2D eigenvalue weighted by Gasteiger charge is -2.43. The van der Waals surface area contributed by atoms with Crippen molar-refractivity contribution in [3.63, 3.8) is 0 Å². The van der Waals surface area contributed by atoms with E-state index in [0.717, 1.165) is 23.0 Å². The highest BCUT2D eigenvalue weighted by Gasteiger charge is 2.46. The molecular weight excluding hydrogens is 409 g/mol. The molecule has 0 heterocycles. The predicted octanol–water partition coefficient (Wildman–Crippen LogP) is 8.74. The number of thioether (sulfide) groups is 1. The number of rotatable bonds is 20. The first-order valence-corrected chi connectivity index (χ1v) is 18.7. The van der Waals surface area contributed by atoms with Crippen LogP contribution in [-0.2, 0) is 8.85 Å². The van der Waals surface area contributed by atoms with Crippen molar-refractivity contribution in [2.75, 3.05) is 13.2 Å². The van der Waals surface area contributed by atoms with Gasteiger partial charge in [0.1, 0.15) is 0 Å². The molecule has 2 nitrogen and oxygen atoms in total. The lowest BCUT2D eigenvalue weighted by atomic mass is 10.4. The van der Waals surface area contributed by atoms with E-state index < -0.39 is 16.6 Å². The van der Waals surface area contributed by atoms with E-state index in [9.17, 15) is 0 Å². The van der Waals surface area contributed by atoms with Gasteiger partial charge in [0.2, 0.25) is 16.6 Å². The van der Waals surface area contributed by atoms with Crippen LogP contribution < -0.4 is 0 Å². The Hall–Kier alpha value is 0.704. The second-order valence-corrected chi connectivity index (χ2v) is 19.9. The number of hydrogen-bond donors (Lipinski definition) is 0. The van der Waals surface area contributed by atoms with Crippen LogP contribution in [0.15, 0.2) is 0 Å². The van der Waals surface area contributed by atoms with E-state index in [-0.39, 0.29) is 0 Å². The maximum absolute atomic E-state index is 6.83. The first-order chi connectivity index (χ1) is 14.0. The maximum Gasteiger partial charge on any atom is 0.204 e. The number of unbranched alkanes of at least 4 members (excludes halogenated alkanes) is 2. The van der Waals surface area contributed by atoms with Crippen LogP contribution in [0.2, 0.25) is 24.2 Å². The van der Waals surface area contributed by atoms with Gasteiger partial charge in [-0.25, -0.2) is 0 Å². The molecule has 0 fully saturated rings. The fourth-order valence-corrected chi connectivity index (χ4v) is 18.1. The Labute approximate surface area is 190 Å². The van der Waals surface area contributed by atoms with Crippen molar-refractivity contribution < 1.29 is 8.85 Å². The molecule has 0 aromatic heterocycles. The molecule has 0 radical (unpaired) electrons. The van der Waals surface area contributed by atoms with Gasteiger partial charge in [0, 0.05) is 23.0 Å². The van der Waals surface area contributed by atoms with Gasteiger partial charge in [-0.3, -0.25) is 0 Å². The third-order valence-corrected chi connectivity index (χ3v) is 20.6. The molecule has 0 aromatic rings. The molecule has 0 saturated heterocycles. The van der Waals surface area contributed by atoms with Gasteiger partial charge in [0.15, 0.2) is 0 Å². The number of hydrogen-bond acceptors (Lipinski definition) is 3.